The Morgan fingerprint density at radius 2 is 1.76 bits per heavy atom. The van der Waals surface area contributed by atoms with Gasteiger partial charge in [0.05, 0.1) is 18.1 Å². The molecule has 0 aromatic carbocycles. The molecule has 0 aliphatic carbocycles. The molecule has 0 saturated carbocycles. The van der Waals surface area contributed by atoms with Crippen molar-refractivity contribution in [2.24, 2.45) is 16.5 Å². The number of hydrogen-bond acceptors (Lipinski definition) is 6. The lowest BCUT2D eigenvalue weighted by Crippen LogP contribution is -2.61. The lowest BCUT2D eigenvalue weighted by molar-refractivity contribution is -0.153. The van der Waals surface area contributed by atoms with Gasteiger partial charge in [-0.1, -0.05) is 6.42 Å². The van der Waals surface area contributed by atoms with E-state index in [-0.39, 0.29) is 23.8 Å². The van der Waals surface area contributed by atoms with Gasteiger partial charge in [0.15, 0.2) is 5.96 Å². The van der Waals surface area contributed by atoms with Gasteiger partial charge >= 0.3 is 0 Å². The number of aldehydes is 1. The fourth-order valence-corrected chi connectivity index (χ4v) is 3.10. The minimum Gasteiger partial charge on any atom is -0.370 e. The van der Waals surface area contributed by atoms with Crippen LogP contribution < -0.4 is 22.1 Å². The number of nitrogens with two attached hydrogens (primary N) is 2. The van der Waals surface area contributed by atoms with Crippen LogP contribution in [0.2, 0.25) is 0 Å². The van der Waals surface area contributed by atoms with Gasteiger partial charge in [-0.2, -0.15) is 0 Å². The first-order chi connectivity index (χ1) is 12.0. The normalized spacial score (nSPS) is 23.8. The Kier molecular flexibility index (Phi) is 7.32. The number of hydrogen-bond donors (Lipinski definition) is 4. The van der Waals surface area contributed by atoms with Gasteiger partial charge in [-0.15, -0.1) is 0 Å². The second-order valence-corrected chi connectivity index (χ2v) is 6.50. The van der Waals surface area contributed by atoms with Gasteiger partial charge in [0.1, 0.15) is 6.29 Å². The Morgan fingerprint density at radius 1 is 1.12 bits per heavy atom. The van der Waals surface area contributed by atoms with Crippen molar-refractivity contribution in [2.75, 3.05) is 19.6 Å². The number of rotatable bonds is 8. The zero-order valence-corrected chi connectivity index (χ0v) is 14.4. The van der Waals surface area contributed by atoms with E-state index in [2.05, 4.69) is 15.6 Å². The number of nitrogens with one attached hydrogen (secondary N) is 2. The highest BCUT2D eigenvalue weighted by molar-refractivity contribution is 6.02. The first-order valence-corrected chi connectivity index (χ1v) is 8.89. The molecular formula is C16H28N6O3. The zero-order chi connectivity index (χ0) is 18.2. The number of piperidine rings is 1. The standard InChI is InChI=1S/C16H28N6O3/c17-16(18)21-8-3-4-11(10-23)22(15(25)13-6-9-20-13)14(24)12-5-1-2-7-19-12/h10-13,19-20H,1-9H2,(H4,17,18,21)/t11-,12+,13?/m0/s1. The average molecular weight is 352 g/mol. The summed E-state index contributed by atoms with van der Waals surface area (Å²) in [6.45, 7) is 1.85. The van der Waals surface area contributed by atoms with Crippen LogP contribution in [0.25, 0.3) is 0 Å². The SMILES string of the molecule is NC(N)=NCCC[C@@H](C=O)N(C(=O)C1CCN1)C(=O)[C@H]1CCCCN1. The van der Waals surface area contributed by atoms with Crippen molar-refractivity contribution in [1.29, 1.82) is 0 Å². The van der Waals surface area contributed by atoms with Crippen molar-refractivity contribution >= 4 is 24.1 Å². The van der Waals surface area contributed by atoms with E-state index in [0.717, 1.165) is 30.8 Å². The molecular weight excluding hydrogens is 324 g/mol. The van der Waals surface area contributed by atoms with Crippen LogP contribution >= 0.6 is 0 Å². The van der Waals surface area contributed by atoms with Crippen LogP contribution in [0.3, 0.4) is 0 Å². The molecule has 9 heteroatoms. The first-order valence-electron chi connectivity index (χ1n) is 8.89. The lowest BCUT2D eigenvalue weighted by atomic mass is 9.99. The van der Waals surface area contributed by atoms with Crippen molar-refractivity contribution in [3.05, 3.63) is 0 Å². The molecule has 0 aromatic heterocycles. The fourth-order valence-electron chi connectivity index (χ4n) is 3.10. The van der Waals surface area contributed by atoms with E-state index in [0.29, 0.717) is 38.5 Å². The number of guanidine groups is 1. The highest BCUT2D eigenvalue weighted by Gasteiger charge is 2.39. The molecule has 0 radical (unpaired) electrons. The van der Waals surface area contributed by atoms with Crippen molar-refractivity contribution < 1.29 is 14.4 Å². The van der Waals surface area contributed by atoms with Crippen molar-refractivity contribution in [3.63, 3.8) is 0 Å². The van der Waals surface area contributed by atoms with E-state index in [9.17, 15) is 14.4 Å². The van der Waals surface area contributed by atoms with Gasteiger partial charge < -0.3 is 26.9 Å². The zero-order valence-electron chi connectivity index (χ0n) is 14.4. The summed E-state index contributed by atoms with van der Waals surface area (Å²) in [5.74, 6) is -0.642. The van der Waals surface area contributed by atoms with Crippen molar-refractivity contribution in [2.45, 2.75) is 56.7 Å². The molecule has 2 amide bonds. The number of carbonyl (C=O) groups is 3. The Morgan fingerprint density at radius 3 is 2.24 bits per heavy atom. The monoisotopic (exact) mass is 352 g/mol. The van der Waals surface area contributed by atoms with Crippen LogP contribution in [-0.2, 0) is 14.4 Å². The molecule has 2 aliphatic heterocycles. The summed E-state index contributed by atoms with van der Waals surface area (Å²) in [7, 11) is 0. The maximum atomic E-state index is 12.9. The third kappa shape index (κ3) is 5.23. The first kappa shape index (κ1) is 19.3. The Balaban J connectivity index is 2.07. The third-order valence-electron chi connectivity index (χ3n) is 4.65. The second-order valence-electron chi connectivity index (χ2n) is 6.50. The molecule has 0 bridgehead atoms. The molecule has 2 fully saturated rings. The van der Waals surface area contributed by atoms with Gasteiger partial charge in [0.2, 0.25) is 11.8 Å². The van der Waals surface area contributed by atoms with Crippen LogP contribution in [0.15, 0.2) is 4.99 Å². The van der Waals surface area contributed by atoms with Gasteiger partial charge in [0, 0.05) is 6.54 Å². The number of imide groups is 1. The molecule has 9 nitrogen and oxygen atoms in total. The van der Waals surface area contributed by atoms with Gasteiger partial charge in [0.25, 0.3) is 0 Å². The molecule has 0 aromatic rings. The van der Waals surface area contributed by atoms with Gasteiger partial charge in [-0.3, -0.25) is 19.5 Å². The van der Waals surface area contributed by atoms with E-state index in [4.69, 9.17) is 11.5 Å². The molecule has 6 N–H and O–H groups in total. The lowest BCUT2D eigenvalue weighted by Gasteiger charge is -2.37. The molecule has 0 spiro atoms. The predicted molar refractivity (Wildman–Crippen MR) is 93.7 cm³/mol. The van der Waals surface area contributed by atoms with E-state index in [1.165, 1.54) is 0 Å². The molecule has 2 saturated heterocycles. The maximum absolute atomic E-state index is 12.9. The topological polar surface area (TPSA) is 143 Å². The van der Waals surface area contributed by atoms with Crippen LogP contribution in [-0.4, -0.2) is 66.7 Å². The van der Waals surface area contributed by atoms with Crippen molar-refractivity contribution in [1.82, 2.24) is 15.5 Å². The smallest absolute Gasteiger partial charge is 0.247 e. The summed E-state index contributed by atoms with van der Waals surface area (Å²) in [5, 5.41) is 6.17. The van der Waals surface area contributed by atoms with Crippen LogP contribution in [0.4, 0.5) is 0 Å². The predicted octanol–water partition coefficient (Wildman–Crippen LogP) is -1.53. The summed E-state index contributed by atoms with van der Waals surface area (Å²) in [6.07, 6.45) is 4.83. The Labute approximate surface area is 147 Å². The quantitative estimate of drug-likeness (QED) is 0.136. The van der Waals surface area contributed by atoms with Crippen molar-refractivity contribution in [3.8, 4) is 0 Å². The van der Waals surface area contributed by atoms with Crippen LogP contribution in [0.5, 0.6) is 0 Å². The van der Waals surface area contributed by atoms with E-state index < -0.39 is 12.1 Å². The molecule has 25 heavy (non-hydrogen) atoms. The summed E-state index contributed by atoms with van der Waals surface area (Å²) >= 11 is 0. The van der Waals surface area contributed by atoms with Gasteiger partial charge in [-0.25, -0.2) is 0 Å². The fraction of sp³-hybridized carbons (Fsp3) is 0.750. The minimum absolute atomic E-state index is 0.0169. The van der Waals surface area contributed by atoms with E-state index in [1.54, 1.807) is 0 Å². The molecule has 140 valence electrons. The summed E-state index contributed by atoms with van der Waals surface area (Å²) in [5.41, 5.74) is 10.6. The third-order valence-corrected chi connectivity index (χ3v) is 4.65. The summed E-state index contributed by atoms with van der Waals surface area (Å²) in [4.78, 5) is 42.3. The number of nitrogens with zero attached hydrogens (tertiary/aromatic N) is 2. The minimum atomic E-state index is -0.791. The molecule has 2 aliphatic rings. The number of carbonyl (C=O) groups excluding carboxylic acids is 3. The average Bonchev–Trinajstić information content (AvgIpc) is 2.56. The molecule has 3 atom stereocenters. The van der Waals surface area contributed by atoms with E-state index in [1.807, 2.05) is 0 Å². The van der Waals surface area contributed by atoms with Gasteiger partial charge in [-0.05, 0) is 45.2 Å². The number of aliphatic imine (C=N–C) groups is 1. The Hall–Kier alpha value is -2.00. The Bertz CT molecular complexity index is 510. The highest BCUT2D eigenvalue weighted by Crippen LogP contribution is 2.17. The highest BCUT2D eigenvalue weighted by atomic mass is 16.2. The molecule has 1 unspecified atom stereocenters. The van der Waals surface area contributed by atoms with E-state index >= 15 is 0 Å². The van der Waals surface area contributed by atoms with Crippen LogP contribution in [0, 0.1) is 0 Å². The number of amides is 2. The van der Waals surface area contributed by atoms with Crippen LogP contribution in [0.1, 0.15) is 38.5 Å². The molecule has 2 rings (SSSR count). The largest absolute Gasteiger partial charge is 0.370 e. The second kappa shape index (κ2) is 9.47. The summed E-state index contributed by atoms with van der Waals surface area (Å²) < 4.78 is 0. The maximum Gasteiger partial charge on any atom is 0.247 e. The summed E-state index contributed by atoms with van der Waals surface area (Å²) in [6, 6.07) is -1.58. The molecule has 2 heterocycles.